The zero-order valence-corrected chi connectivity index (χ0v) is 12.1. The van der Waals surface area contributed by atoms with Crippen molar-refractivity contribution in [3.8, 4) is 0 Å². The van der Waals surface area contributed by atoms with Gasteiger partial charge >= 0.3 is 7.60 Å². The normalized spacial score (nSPS) is 14.8. The van der Waals surface area contributed by atoms with Gasteiger partial charge in [-0.3, -0.25) is 4.57 Å². The minimum absolute atomic E-state index is 0.0262. The van der Waals surface area contributed by atoms with Gasteiger partial charge in [0.25, 0.3) is 0 Å². The average molecular weight is 252 g/mol. The maximum atomic E-state index is 12.3. The summed E-state index contributed by atoms with van der Waals surface area (Å²) in [5.74, 6) is 0. The molecular formula is C11H25O4P. The zero-order valence-electron chi connectivity index (χ0n) is 11.2. The molecule has 0 heterocycles. The molecule has 0 saturated carbocycles. The van der Waals surface area contributed by atoms with E-state index in [1.807, 2.05) is 41.5 Å². The molecule has 0 saturated heterocycles. The van der Waals surface area contributed by atoms with E-state index in [0.29, 0.717) is 0 Å². The molecule has 0 aromatic carbocycles. The first-order valence-electron chi connectivity index (χ1n) is 5.86. The summed E-state index contributed by atoms with van der Waals surface area (Å²) in [5.41, 5.74) is 0. The van der Waals surface area contributed by atoms with Gasteiger partial charge in [0, 0.05) is 0 Å². The maximum Gasteiger partial charge on any atom is 0.356 e. The molecule has 0 spiro atoms. The Morgan fingerprint density at radius 2 is 1.44 bits per heavy atom. The lowest BCUT2D eigenvalue weighted by atomic mass is 10.3. The summed E-state index contributed by atoms with van der Waals surface area (Å²) in [7, 11) is -3.12. The summed E-state index contributed by atoms with van der Waals surface area (Å²) in [5, 5.41) is 0. The molecule has 0 aromatic rings. The molecule has 0 N–H and O–H groups in total. The van der Waals surface area contributed by atoms with Gasteiger partial charge in [-0.15, -0.1) is 0 Å². The first-order chi connectivity index (χ1) is 7.29. The molecule has 98 valence electrons. The standard InChI is InChI=1S/C11H25O4P/c1-7-11(6)13-8-16(12,14-9(2)3)15-10(4)5/h9-11H,7-8H2,1-6H3/t11-/m1/s1. The van der Waals surface area contributed by atoms with E-state index in [0.717, 1.165) is 6.42 Å². The van der Waals surface area contributed by atoms with Crippen LogP contribution in [-0.2, 0) is 18.3 Å². The Balaban J connectivity index is 4.36. The van der Waals surface area contributed by atoms with Crippen LogP contribution < -0.4 is 0 Å². The predicted octanol–water partition coefficient (Wildman–Crippen LogP) is 3.80. The van der Waals surface area contributed by atoms with Crippen LogP contribution in [-0.4, -0.2) is 24.7 Å². The van der Waals surface area contributed by atoms with Crippen molar-refractivity contribution in [3.05, 3.63) is 0 Å². The second kappa shape index (κ2) is 7.44. The molecule has 0 amide bonds. The number of hydrogen-bond donors (Lipinski definition) is 0. The van der Waals surface area contributed by atoms with Gasteiger partial charge < -0.3 is 13.8 Å². The summed E-state index contributed by atoms with van der Waals surface area (Å²) < 4.78 is 28.4. The third-order valence-electron chi connectivity index (χ3n) is 1.83. The molecule has 0 fully saturated rings. The Hall–Kier alpha value is 0.110. The highest BCUT2D eigenvalue weighted by atomic mass is 31.2. The van der Waals surface area contributed by atoms with E-state index in [1.54, 1.807) is 0 Å². The Bertz CT molecular complexity index is 214. The maximum absolute atomic E-state index is 12.3. The largest absolute Gasteiger partial charge is 0.366 e. The summed E-state index contributed by atoms with van der Waals surface area (Å²) in [4.78, 5) is 0. The molecule has 0 rings (SSSR count). The highest BCUT2D eigenvalue weighted by Gasteiger charge is 2.28. The quantitative estimate of drug-likeness (QED) is 0.616. The first kappa shape index (κ1) is 16.1. The molecule has 0 aliphatic rings. The molecule has 1 atom stereocenters. The molecule has 16 heavy (non-hydrogen) atoms. The number of ether oxygens (including phenoxy) is 1. The van der Waals surface area contributed by atoms with E-state index in [1.165, 1.54) is 0 Å². The van der Waals surface area contributed by atoms with E-state index in [9.17, 15) is 4.57 Å². The van der Waals surface area contributed by atoms with Crippen LogP contribution in [0.3, 0.4) is 0 Å². The topological polar surface area (TPSA) is 44.8 Å². The lowest BCUT2D eigenvalue weighted by Gasteiger charge is -2.23. The van der Waals surface area contributed by atoms with Crippen LogP contribution in [0.15, 0.2) is 0 Å². The van der Waals surface area contributed by atoms with Crippen molar-refractivity contribution < 1.29 is 18.3 Å². The SMILES string of the molecule is CC[C@@H](C)OCP(=O)(OC(C)C)OC(C)C. The molecule has 0 aliphatic carbocycles. The smallest absolute Gasteiger partial charge is 0.356 e. The summed E-state index contributed by atoms with van der Waals surface area (Å²) in [6, 6.07) is 0. The van der Waals surface area contributed by atoms with E-state index in [4.69, 9.17) is 13.8 Å². The fourth-order valence-corrected chi connectivity index (χ4v) is 2.96. The Kier molecular flexibility index (Phi) is 7.49. The molecule has 0 radical (unpaired) electrons. The molecule has 4 nitrogen and oxygen atoms in total. The second-order valence-electron chi connectivity index (χ2n) is 4.43. The Morgan fingerprint density at radius 1 is 1.00 bits per heavy atom. The van der Waals surface area contributed by atoms with Gasteiger partial charge in [0.2, 0.25) is 0 Å². The van der Waals surface area contributed by atoms with Gasteiger partial charge in [-0.25, -0.2) is 0 Å². The molecule has 0 unspecified atom stereocenters. The minimum atomic E-state index is -3.12. The summed E-state index contributed by atoms with van der Waals surface area (Å²) in [6.07, 6.45) is 0.705. The van der Waals surface area contributed by atoms with Gasteiger partial charge in [0.1, 0.15) is 6.35 Å². The van der Waals surface area contributed by atoms with Crippen LogP contribution in [0.25, 0.3) is 0 Å². The minimum Gasteiger partial charge on any atom is -0.366 e. The molecular weight excluding hydrogens is 227 g/mol. The van der Waals surface area contributed by atoms with Gasteiger partial charge in [-0.05, 0) is 41.0 Å². The van der Waals surface area contributed by atoms with Gasteiger partial charge in [0.05, 0.1) is 18.3 Å². The predicted molar refractivity (Wildman–Crippen MR) is 65.8 cm³/mol. The zero-order chi connectivity index (χ0) is 12.8. The summed E-state index contributed by atoms with van der Waals surface area (Å²) in [6.45, 7) is 11.3. The molecule has 0 aromatic heterocycles. The van der Waals surface area contributed by atoms with Gasteiger partial charge in [0.15, 0.2) is 0 Å². The first-order valence-corrected chi connectivity index (χ1v) is 7.59. The molecule has 0 aliphatic heterocycles. The third-order valence-corrected chi connectivity index (χ3v) is 3.79. The number of hydrogen-bond acceptors (Lipinski definition) is 4. The van der Waals surface area contributed by atoms with Crippen LogP contribution in [0, 0.1) is 0 Å². The third kappa shape index (κ3) is 7.39. The van der Waals surface area contributed by atoms with Crippen LogP contribution in [0.4, 0.5) is 0 Å². The number of rotatable bonds is 8. The molecule has 0 bridgehead atoms. The van der Waals surface area contributed by atoms with Crippen molar-refractivity contribution >= 4 is 7.60 Å². The average Bonchev–Trinajstić information content (AvgIpc) is 2.11. The van der Waals surface area contributed by atoms with E-state index in [2.05, 4.69) is 0 Å². The van der Waals surface area contributed by atoms with E-state index >= 15 is 0 Å². The second-order valence-corrected chi connectivity index (χ2v) is 6.34. The highest BCUT2D eigenvalue weighted by Crippen LogP contribution is 2.50. The van der Waals surface area contributed by atoms with Crippen LogP contribution in [0.1, 0.15) is 48.0 Å². The lowest BCUT2D eigenvalue weighted by Crippen LogP contribution is -2.15. The summed E-state index contributed by atoms with van der Waals surface area (Å²) >= 11 is 0. The van der Waals surface area contributed by atoms with Crippen molar-refractivity contribution in [1.82, 2.24) is 0 Å². The Labute approximate surface area is 99.2 Å². The van der Waals surface area contributed by atoms with Gasteiger partial charge in [-0.1, -0.05) is 6.92 Å². The molecule has 5 heteroatoms. The lowest BCUT2D eigenvalue weighted by molar-refractivity contribution is 0.0611. The fraction of sp³-hybridized carbons (Fsp3) is 1.00. The van der Waals surface area contributed by atoms with Crippen molar-refractivity contribution in [3.63, 3.8) is 0 Å². The van der Waals surface area contributed by atoms with Crippen molar-refractivity contribution in [2.75, 3.05) is 6.35 Å². The van der Waals surface area contributed by atoms with Crippen molar-refractivity contribution in [1.29, 1.82) is 0 Å². The van der Waals surface area contributed by atoms with Gasteiger partial charge in [-0.2, -0.15) is 0 Å². The van der Waals surface area contributed by atoms with Crippen molar-refractivity contribution in [2.24, 2.45) is 0 Å². The van der Waals surface area contributed by atoms with E-state index in [-0.39, 0.29) is 24.7 Å². The van der Waals surface area contributed by atoms with Crippen LogP contribution in [0.5, 0.6) is 0 Å². The van der Waals surface area contributed by atoms with Crippen LogP contribution in [0.2, 0.25) is 0 Å². The van der Waals surface area contributed by atoms with Crippen LogP contribution >= 0.6 is 7.60 Å². The van der Waals surface area contributed by atoms with Crippen molar-refractivity contribution in [2.45, 2.75) is 66.3 Å². The fourth-order valence-electron chi connectivity index (χ4n) is 1.06. The highest BCUT2D eigenvalue weighted by molar-refractivity contribution is 7.53. The Morgan fingerprint density at radius 3 is 1.75 bits per heavy atom. The van der Waals surface area contributed by atoms with E-state index < -0.39 is 7.60 Å². The monoisotopic (exact) mass is 252 g/mol.